The van der Waals surface area contributed by atoms with Crippen LogP contribution in [0.3, 0.4) is 0 Å². The Morgan fingerprint density at radius 1 is 1.02 bits per heavy atom. The van der Waals surface area contributed by atoms with Gasteiger partial charge in [-0.05, 0) is 32.3 Å². The highest BCUT2D eigenvalue weighted by Gasteiger charge is 2.50. The number of rotatable bonds is 4. The van der Waals surface area contributed by atoms with E-state index in [0.717, 1.165) is 44.9 Å². The van der Waals surface area contributed by atoms with Crippen molar-refractivity contribution in [1.29, 1.82) is 0 Å². The summed E-state index contributed by atoms with van der Waals surface area (Å²) in [4.78, 5) is 24.2. The molecular formula is C29H38Cl2N6O5. The maximum Gasteiger partial charge on any atom is 0.220 e. The molecule has 3 aliphatic heterocycles. The zero-order valence-corrected chi connectivity index (χ0v) is 25.7. The molecule has 4 N–H and O–H groups in total. The van der Waals surface area contributed by atoms with E-state index < -0.39 is 0 Å². The lowest BCUT2D eigenvalue weighted by Gasteiger charge is -2.55. The van der Waals surface area contributed by atoms with Gasteiger partial charge < -0.3 is 35.3 Å². The van der Waals surface area contributed by atoms with Gasteiger partial charge in [0.1, 0.15) is 17.0 Å². The van der Waals surface area contributed by atoms with Crippen LogP contribution in [-0.4, -0.2) is 75.1 Å². The van der Waals surface area contributed by atoms with Crippen LogP contribution < -0.4 is 25.8 Å². The Hall–Kier alpha value is -3.38. The summed E-state index contributed by atoms with van der Waals surface area (Å²) >= 11 is 13.2. The van der Waals surface area contributed by atoms with Gasteiger partial charge in [-0.3, -0.25) is 4.79 Å². The average Bonchev–Trinajstić information content (AvgIpc) is 2.94. The van der Waals surface area contributed by atoms with Gasteiger partial charge in [0.25, 0.3) is 0 Å². The van der Waals surface area contributed by atoms with E-state index in [1.165, 1.54) is 33.5 Å². The number of pyridine rings is 1. The van der Waals surface area contributed by atoms with E-state index in [1.54, 1.807) is 18.3 Å². The van der Waals surface area contributed by atoms with Gasteiger partial charge in [-0.15, -0.1) is 6.58 Å². The number of primary amides is 1. The Kier molecular flexibility index (Phi) is 12.4. The summed E-state index contributed by atoms with van der Waals surface area (Å²) in [5.74, 6) is 1.79. The number of hydrogen-bond acceptors (Lipinski definition) is 10. The summed E-state index contributed by atoms with van der Waals surface area (Å²) in [6.45, 7) is 10.5. The lowest BCUT2D eigenvalue weighted by atomic mass is 9.78. The van der Waals surface area contributed by atoms with Gasteiger partial charge in [-0.25, -0.2) is 15.0 Å². The van der Waals surface area contributed by atoms with Gasteiger partial charge in [0.05, 0.1) is 48.6 Å². The highest BCUT2D eigenvalue weighted by molar-refractivity contribution is 6.41. The van der Waals surface area contributed by atoms with Crippen molar-refractivity contribution in [3.05, 3.63) is 41.0 Å². The number of anilines is 2. The van der Waals surface area contributed by atoms with Crippen LogP contribution in [0.15, 0.2) is 31.0 Å². The second kappa shape index (κ2) is 15.7. The maximum absolute atomic E-state index is 8.58. The van der Waals surface area contributed by atoms with Crippen molar-refractivity contribution >= 4 is 52.3 Å². The zero-order valence-electron chi connectivity index (χ0n) is 24.2. The molecule has 0 aliphatic carbocycles. The Morgan fingerprint density at radius 2 is 1.60 bits per heavy atom. The van der Waals surface area contributed by atoms with Crippen LogP contribution in [0.4, 0.5) is 11.8 Å². The van der Waals surface area contributed by atoms with E-state index in [4.69, 9.17) is 57.7 Å². The molecular weight excluding hydrogens is 583 g/mol. The fourth-order valence-electron chi connectivity index (χ4n) is 4.67. The predicted octanol–water partition coefficient (Wildman–Crippen LogP) is 4.92. The molecule has 0 radical (unpaired) electrons. The summed E-state index contributed by atoms with van der Waals surface area (Å²) in [5, 5.41) is 1.49. The number of nitrogen functional groups attached to an aromatic ring is 1. The number of methoxy groups -OCH3 is 2. The summed E-state index contributed by atoms with van der Waals surface area (Å²) in [6.07, 6.45) is 7.60. The van der Waals surface area contributed by atoms with E-state index >= 15 is 0 Å². The van der Waals surface area contributed by atoms with Crippen LogP contribution in [-0.2, 0) is 14.3 Å². The number of fused-ring (bicyclic) bond motifs is 1. The molecule has 0 unspecified atom stereocenters. The van der Waals surface area contributed by atoms with Gasteiger partial charge >= 0.3 is 0 Å². The van der Waals surface area contributed by atoms with E-state index in [0.29, 0.717) is 44.1 Å². The fourth-order valence-corrected chi connectivity index (χ4v) is 5.36. The number of aromatic nitrogens is 3. The van der Waals surface area contributed by atoms with Gasteiger partial charge in [-0.1, -0.05) is 29.3 Å². The van der Waals surface area contributed by atoms with Gasteiger partial charge in [0.15, 0.2) is 5.82 Å². The molecule has 3 fully saturated rings. The first-order valence-corrected chi connectivity index (χ1v) is 14.2. The van der Waals surface area contributed by atoms with E-state index in [-0.39, 0.29) is 17.8 Å². The molecule has 6 rings (SSSR count). The molecule has 1 spiro atoms. The molecule has 11 nitrogen and oxygen atoms in total. The normalized spacial score (nSPS) is 16.2. The number of carbonyl (C=O) groups excluding carboxylic acids is 1. The highest BCUT2D eigenvalue weighted by Crippen LogP contribution is 2.47. The second-order valence-corrected chi connectivity index (χ2v) is 10.6. The molecule has 5 heterocycles. The summed E-state index contributed by atoms with van der Waals surface area (Å²) in [6, 6.07) is 3.49. The number of nitrogens with zero attached hydrogens (tertiary/aromatic N) is 4. The van der Waals surface area contributed by atoms with Crippen LogP contribution in [0.5, 0.6) is 11.5 Å². The van der Waals surface area contributed by atoms with E-state index in [9.17, 15) is 0 Å². The van der Waals surface area contributed by atoms with Crippen LogP contribution in [0, 0.1) is 5.41 Å². The van der Waals surface area contributed by atoms with Crippen molar-refractivity contribution in [1.82, 2.24) is 15.0 Å². The molecule has 13 heteroatoms. The maximum atomic E-state index is 8.58. The van der Waals surface area contributed by atoms with Crippen molar-refractivity contribution in [2.75, 3.05) is 64.4 Å². The summed E-state index contributed by atoms with van der Waals surface area (Å²) < 4.78 is 21.3. The van der Waals surface area contributed by atoms with Crippen LogP contribution in [0.25, 0.3) is 22.2 Å². The summed E-state index contributed by atoms with van der Waals surface area (Å²) in [5.41, 5.74) is 12.0. The molecule has 0 bridgehead atoms. The molecule has 228 valence electrons. The lowest BCUT2D eigenvalue weighted by Crippen LogP contribution is -2.66. The van der Waals surface area contributed by atoms with E-state index in [2.05, 4.69) is 27.2 Å². The van der Waals surface area contributed by atoms with Crippen LogP contribution >= 0.6 is 23.2 Å². The molecule has 42 heavy (non-hydrogen) atoms. The highest BCUT2D eigenvalue weighted by atomic mass is 35.5. The molecule has 2 aromatic heterocycles. The molecule has 3 saturated heterocycles. The quantitative estimate of drug-likeness (QED) is 0.304. The number of carbonyl (C=O) groups is 1. The standard InChI is InChI=1S/C20H19Cl2N5O3.C5H10O.C3H6.CH3NO/c1-28-12-4-13(29-2)16(22)14(15(12)21)11-3-10-5-24-19(23)26-17(10)18(25-11)27-6-20(7-27)8-30-9-20;1-2-4-6-5-3-1;1-3-2;2-1-3/h3-5H,6-9H2,1-2H3,(H2,23,24,26);1-5H2;3H,1H2,2H3;1H,(H2,2,3). The SMILES string of the molecule is C1CCOCC1.C=CC.COc1cc(OC)c(Cl)c(-c2cc3cnc(N)nc3c(N3CC4(COC4)C3)n2)c1Cl.NC=O. The Balaban J connectivity index is 0.000000341. The number of ether oxygens (including phenoxy) is 4. The largest absolute Gasteiger partial charge is 0.495 e. The van der Waals surface area contributed by atoms with Crippen LogP contribution in [0.2, 0.25) is 10.0 Å². The number of amides is 1. The molecule has 0 saturated carbocycles. The zero-order chi connectivity index (χ0) is 30.7. The topological polar surface area (TPSA) is 148 Å². The Bertz CT molecular complexity index is 1310. The number of nitrogens with two attached hydrogens (primary N) is 2. The first-order valence-electron chi connectivity index (χ1n) is 13.4. The first kappa shape index (κ1) is 33.1. The molecule has 0 atom stereocenters. The lowest BCUT2D eigenvalue weighted by molar-refractivity contribution is -0.127. The monoisotopic (exact) mass is 620 g/mol. The minimum Gasteiger partial charge on any atom is -0.495 e. The van der Waals surface area contributed by atoms with Gasteiger partial charge in [-0.2, -0.15) is 0 Å². The van der Waals surface area contributed by atoms with Crippen LogP contribution in [0.1, 0.15) is 26.2 Å². The van der Waals surface area contributed by atoms with Crippen molar-refractivity contribution < 1.29 is 23.7 Å². The number of benzene rings is 1. The summed E-state index contributed by atoms with van der Waals surface area (Å²) in [7, 11) is 3.07. The molecule has 3 aromatic rings. The Labute approximate surface area is 256 Å². The third-order valence-electron chi connectivity index (χ3n) is 6.64. The van der Waals surface area contributed by atoms with E-state index in [1.807, 2.05) is 13.0 Å². The average molecular weight is 622 g/mol. The number of halogens is 2. The molecule has 1 aromatic carbocycles. The number of allylic oxidation sites excluding steroid dienone is 1. The van der Waals surface area contributed by atoms with Crippen molar-refractivity contribution in [2.45, 2.75) is 26.2 Å². The predicted molar refractivity (Wildman–Crippen MR) is 167 cm³/mol. The second-order valence-electron chi connectivity index (χ2n) is 9.85. The number of hydrogen-bond donors (Lipinski definition) is 2. The third kappa shape index (κ3) is 7.71. The van der Waals surface area contributed by atoms with Crippen molar-refractivity contribution in [3.8, 4) is 22.8 Å². The molecule has 3 aliphatic rings. The van der Waals surface area contributed by atoms with Crippen molar-refractivity contribution in [3.63, 3.8) is 0 Å². The third-order valence-corrected chi connectivity index (χ3v) is 7.39. The molecule has 1 amide bonds. The van der Waals surface area contributed by atoms with Crippen molar-refractivity contribution in [2.24, 2.45) is 11.1 Å². The smallest absolute Gasteiger partial charge is 0.220 e. The first-order chi connectivity index (χ1) is 20.3. The Morgan fingerprint density at radius 3 is 2.02 bits per heavy atom. The van der Waals surface area contributed by atoms with Gasteiger partial charge in [0, 0.05) is 49.5 Å². The minimum absolute atomic E-state index is 0.194. The minimum atomic E-state index is 0.194. The van der Waals surface area contributed by atoms with Gasteiger partial charge in [0.2, 0.25) is 12.4 Å². The fraction of sp³-hybridized carbons (Fsp3) is 0.448.